The highest BCUT2D eigenvalue weighted by molar-refractivity contribution is 5.72. The number of hydrogen-bond acceptors (Lipinski definition) is 5. The molecule has 104 valence electrons. The fraction of sp³-hybridized carbons (Fsp3) is 0.200. The van der Waals surface area contributed by atoms with E-state index in [1.807, 2.05) is 0 Å². The Kier molecular flexibility index (Phi) is 4.55. The second kappa shape index (κ2) is 6.56. The van der Waals surface area contributed by atoms with Crippen molar-refractivity contribution in [2.24, 2.45) is 0 Å². The molecule has 0 saturated heterocycles. The zero-order valence-electron chi connectivity index (χ0n) is 11.2. The first kappa shape index (κ1) is 13.9. The van der Waals surface area contributed by atoms with Crippen LogP contribution in [0.1, 0.15) is 11.3 Å². The lowest BCUT2D eigenvalue weighted by Crippen LogP contribution is -2.09. The van der Waals surface area contributed by atoms with E-state index in [1.54, 1.807) is 49.6 Å². The maximum absolute atomic E-state index is 11.7. The largest absolute Gasteiger partial charge is 0.481 e. The molecule has 20 heavy (non-hydrogen) atoms. The Balaban J connectivity index is 1.87. The van der Waals surface area contributed by atoms with Gasteiger partial charge in [0.25, 0.3) is 0 Å². The number of rotatable bonds is 5. The number of nitrogens with zero attached hydrogens (tertiary/aromatic N) is 1. The van der Waals surface area contributed by atoms with Gasteiger partial charge in [-0.2, -0.15) is 0 Å². The van der Waals surface area contributed by atoms with Gasteiger partial charge < -0.3 is 15.2 Å². The van der Waals surface area contributed by atoms with Gasteiger partial charge in [-0.25, -0.2) is 4.98 Å². The summed E-state index contributed by atoms with van der Waals surface area (Å²) in [5.41, 5.74) is 7.76. The minimum absolute atomic E-state index is 0.130. The van der Waals surface area contributed by atoms with Gasteiger partial charge in [0.1, 0.15) is 6.61 Å². The molecule has 0 atom stereocenters. The first-order chi connectivity index (χ1) is 9.67. The minimum atomic E-state index is -0.306. The van der Waals surface area contributed by atoms with E-state index >= 15 is 0 Å². The SMILES string of the molecule is COc1cccc(COC(=O)Cc2ccc(N)cc2)n1. The van der Waals surface area contributed by atoms with Crippen LogP contribution in [0.3, 0.4) is 0 Å². The Morgan fingerprint density at radius 3 is 2.65 bits per heavy atom. The molecule has 5 heteroatoms. The van der Waals surface area contributed by atoms with Crippen LogP contribution < -0.4 is 10.5 Å². The van der Waals surface area contributed by atoms with Crippen molar-refractivity contribution in [3.8, 4) is 5.88 Å². The molecule has 1 aromatic heterocycles. The second-order valence-corrected chi connectivity index (χ2v) is 4.25. The summed E-state index contributed by atoms with van der Waals surface area (Å²) in [6.45, 7) is 0.130. The van der Waals surface area contributed by atoms with E-state index in [0.717, 1.165) is 5.56 Å². The number of ether oxygens (including phenoxy) is 2. The zero-order chi connectivity index (χ0) is 14.4. The van der Waals surface area contributed by atoms with Crippen molar-refractivity contribution in [2.45, 2.75) is 13.0 Å². The number of carbonyl (C=O) groups is 1. The van der Waals surface area contributed by atoms with Gasteiger partial charge in [0.2, 0.25) is 5.88 Å². The zero-order valence-corrected chi connectivity index (χ0v) is 11.2. The smallest absolute Gasteiger partial charge is 0.310 e. The van der Waals surface area contributed by atoms with Gasteiger partial charge in [0, 0.05) is 11.8 Å². The Bertz CT molecular complexity index is 582. The van der Waals surface area contributed by atoms with Crippen molar-refractivity contribution < 1.29 is 14.3 Å². The number of nitrogen functional groups attached to an aromatic ring is 1. The highest BCUT2D eigenvalue weighted by Gasteiger charge is 2.06. The molecule has 1 heterocycles. The molecule has 0 aliphatic carbocycles. The number of methoxy groups -OCH3 is 1. The van der Waals surface area contributed by atoms with Gasteiger partial charge in [-0.05, 0) is 23.8 Å². The van der Waals surface area contributed by atoms with Crippen LogP contribution in [0.15, 0.2) is 42.5 Å². The summed E-state index contributed by atoms with van der Waals surface area (Å²) in [7, 11) is 1.54. The van der Waals surface area contributed by atoms with Crippen LogP contribution in [0, 0.1) is 0 Å². The van der Waals surface area contributed by atoms with Crippen LogP contribution in [0.25, 0.3) is 0 Å². The fourth-order valence-corrected chi connectivity index (χ4v) is 1.66. The minimum Gasteiger partial charge on any atom is -0.481 e. The number of benzene rings is 1. The van der Waals surface area contributed by atoms with Crippen molar-refractivity contribution in [3.05, 3.63) is 53.7 Å². The monoisotopic (exact) mass is 272 g/mol. The average Bonchev–Trinajstić information content (AvgIpc) is 2.48. The maximum atomic E-state index is 11.7. The summed E-state index contributed by atoms with van der Waals surface area (Å²) in [6.07, 6.45) is 0.213. The number of aromatic nitrogens is 1. The molecule has 2 rings (SSSR count). The molecule has 1 aromatic carbocycles. The first-order valence-corrected chi connectivity index (χ1v) is 6.17. The molecule has 0 bridgehead atoms. The number of nitrogens with two attached hydrogens (primary N) is 1. The van der Waals surface area contributed by atoms with Crippen molar-refractivity contribution in [3.63, 3.8) is 0 Å². The summed E-state index contributed by atoms with van der Waals surface area (Å²) < 4.78 is 10.2. The predicted octanol–water partition coefficient (Wildman–Crippen LogP) is 1.96. The van der Waals surface area contributed by atoms with Gasteiger partial charge >= 0.3 is 5.97 Å². The van der Waals surface area contributed by atoms with Crippen molar-refractivity contribution in [1.82, 2.24) is 4.98 Å². The summed E-state index contributed by atoms with van der Waals surface area (Å²) >= 11 is 0. The maximum Gasteiger partial charge on any atom is 0.310 e. The summed E-state index contributed by atoms with van der Waals surface area (Å²) in [5.74, 6) is 0.191. The lowest BCUT2D eigenvalue weighted by molar-refractivity contribution is -0.144. The Morgan fingerprint density at radius 1 is 1.20 bits per heavy atom. The normalized spacial score (nSPS) is 10.1. The summed E-state index contributed by atoms with van der Waals surface area (Å²) in [5, 5.41) is 0. The number of hydrogen-bond donors (Lipinski definition) is 1. The number of anilines is 1. The Hall–Kier alpha value is -2.56. The van der Waals surface area contributed by atoms with E-state index in [9.17, 15) is 4.79 Å². The fourth-order valence-electron chi connectivity index (χ4n) is 1.66. The summed E-state index contributed by atoms with van der Waals surface area (Å²) in [6, 6.07) is 12.4. The van der Waals surface area contributed by atoms with Crippen LogP contribution in [0.2, 0.25) is 0 Å². The quantitative estimate of drug-likeness (QED) is 0.665. The van der Waals surface area contributed by atoms with Crippen LogP contribution >= 0.6 is 0 Å². The van der Waals surface area contributed by atoms with E-state index in [1.165, 1.54) is 0 Å². The molecule has 5 nitrogen and oxygen atoms in total. The molecule has 0 aliphatic rings. The molecular formula is C15H16N2O3. The highest BCUT2D eigenvalue weighted by Crippen LogP contribution is 2.09. The third kappa shape index (κ3) is 3.98. The first-order valence-electron chi connectivity index (χ1n) is 6.17. The third-order valence-electron chi connectivity index (χ3n) is 2.70. The van der Waals surface area contributed by atoms with Gasteiger partial charge in [-0.1, -0.05) is 18.2 Å². The molecule has 0 spiro atoms. The Morgan fingerprint density at radius 2 is 1.95 bits per heavy atom. The molecule has 0 fully saturated rings. The van der Waals surface area contributed by atoms with Crippen molar-refractivity contribution >= 4 is 11.7 Å². The molecular weight excluding hydrogens is 256 g/mol. The summed E-state index contributed by atoms with van der Waals surface area (Å²) in [4.78, 5) is 15.9. The second-order valence-electron chi connectivity index (χ2n) is 4.25. The van der Waals surface area contributed by atoms with Gasteiger partial charge in [-0.15, -0.1) is 0 Å². The van der Waals surface area contributed by atoms with E-state index < -0.39 is 0 Å². The third-order valence-corrected chi connectivity index (χ3v) is 2.70. The van der Waals surface area contributed by atoms with E-state index in [2.05, 4.69) is 4.98 Å². The number of esters is 1. The van der Waals surface area contributed by atoms with Gasteiger partial charge in [0.15, 0.2) is 0 Å². The lowest BCUT2D eigenvalue weighted by atomic mass is 10.1. The predicted molar refractivity (Wildman–Crippen MR) is 75.1 cm³/mol. The van der Waals surface area contributed by atoms with Crippen LogP contribution in [0.5, 0.6) is 5.88 Å². The van der Waals surface area contributed by atoms with Gasteiger partial charge in [-0.3, -0.25) is 4.79 Å². The molecule has 2 N–H and O–H groups in total. The van der Waals surface area contributed by atoms with Crippen LogP contribution in [-0.2, 0) is 22.6 Å². The van der Waals surface area contributed by atoms with Crippen LogP contribution in [0.4, 0.5) is 5.69 Å². The number of pyridine rings is 1. The topological polar surface area (TPSA) is 74.4 Å². The molecule has 0 unspecified atom stereocenters. The lowest BCUT2D eigenvalue weighted by Gasteiger charge is -2.06. The molecule has 0 radical (unpaired) electrons. The molecule has 2 aromatic rings. The molecule has 0 saturated carbocycles. The molecule has 0 aliphatic heterocycles. The van der Waals surface area contributed by atoms with Gasteiger partial charge in [0.05, 0.1) is 19.2 Å². The molecule has 0 amide bonds. The van der Waals surface area contributed by atoms with Crippen LogP contribution in [-0.4, -0.2) is 18.1 Å². The van der Waals surface area contributed by atoms with E-state index in [0.29, 0.717) is 17.3 Å². The van der Waals surface area contributed by atoms with E-state index in [4.69, 9.17) is 15.2 Å². The Labute approximate surface area is 117 Å². The van der Waals surface area contributed by atoms with Crippen molar-refractivity contribution in [1.29, 1.82) is 0 Å². The average molecular weight is 272 g/mol. The highest BCUT2D eigenvalue weighted by atomic mass is 16.5. The standard InChI is InChI=1S/C15H16N2O3/c1-19-14-4-2-3-13(17-14)10-20-15(18)9-11-5-7-12(16)8-6-11/h2-8H,9-10,16H2,1H3. The number of carbonyl (C=O) groups excluding carboxylic acids is 1. The van der Waals surface area contributed by atoms with E-state index in [-0.39, 0.29) is 19.0 Å². The van der Waals surface area contributed by atoms with Crippen molar-refractivity contribution in [2.75, 3.05) is 12.8 Å².